The number of carbonyl (C=O) groups is 2. The Labute approximate surface area is 163 Å². The number of piperidine rings is 1. The zero-order chi connectivity index (χ0) is 19.5. The van der Waals surface area contributed by atoms with Crippen LogP contribution in [0.4, 0.5) is 0 Å². The minimum atomic E-state index is -0.171. The lowest BCUT2D eigenvalue weighted by Gasteiger charge is -2.32. The summed E-state index contributed by atoms with van der Waals surface area (Å²) in [4.78, 5) is 31.6. The molecule has 2 heterocycles. The smallest absolute Gasteiger partial charge is 0.253 e. The molecule has 0 N–H and O–H groups in total. The number of ether oxygens (including phenoxy) is 1. The standard InChI is InChI=1S/C23H22N2O3/c1-28-21-7-6-17-13-19(5-4-18(17)14-21)22(26)20-3-2-12-25(15-20)23(27)16-8-10-24-11-9-16/h4-11,13-14,20H,2-3,12,15H2,1H3. The Kier molecular flexibility index (Phi) is 5.06. The van der Waals surface area contributed by atoms with Gasteiger partial charge in [-0.2, -0.15) is 0 Å². The van der Waals surface area contributed by atoms with Crippen molar-refractivity contribution in [3.63, 3.8) is 0 Å². The Morgan fingerprint density at radius 3 is 2.54 bits per heavy atom. The normalized spacial score (nSPS) is 16.8. The summed E-state index contributed by atoms with van der Waals surface area (Å²) in [5.74, 6) is 0.690. The Morgan fingerprint density at radius 2 is 1.75 bits per heavy atom. The number of hydrogen-bond donors (Lipinski definition) is 0. The number of ketones is 1. The van der Waals surface area contributed by atoms with Crippen LogP contribution in [0.3, 0.4) is 0 Å². The number of benzene rings is 2. The molecule has 4 rings (SSSR count). The van der Waals surface area contributed by atoms with Crippen LogP contribution in [0.25, 0.3) is 10.8 Å². The molecule has 0 saturated carbocycles. The summed E-state index contributed by atoms with van der Waals surface area (Å²) in [5.41, 5.74) is 1.31. The number of carbonyl (C=O) groups excluding carboxylic acids is 2. The predicted octanol–water partition coefficient (Wildman–Crippen LogP) is 3.98. The van der Waals surface area contributed by atoms with E-state index in [0.29, 0.717) is 24.2 Å². The van der Waals surface area contributed by atoms with Gasteiger partial charge in [-0.15, -0.1) is 0 Å². The van der Waals surface area contributed by atoms with Crippen molar-refractivity contribution in [3.8, 4) is 5.75 Å². The Hall–Kier alpha value is -3.21. The second kappa shape index (κ2) is 7.80. The molecule has 1 fully saturated rings. The van der Waals surface area contributed by atoms with Crippen molar-refractivity contribution >= 4 is 22.5 Å². The van der Waals surface area contributed by atoms with Gasteiger partial charge >= 0.3 is 0 Å². The molecule has 1 aliphatic rings. The molecule has 0 spiro atoms. The van der Waals surface area contributed by atoms with Gasteiger partial charge in [-0.1, -0.05) is 18.2 Å². The highest BCUT2D eigenvalue weighted by atomic mass is 16.5. The first kappa shape index (κ1) is 18.2. The Morgan fingerprint density at radius 1 is 1.00 bits per heavy atom. The van der Waals surface area contributed by atoms with Gasteiger partial charge in [0.1, 0.15) is 5.75 Å². The SMILES string of the molecule is COc1ccc2cc(C(=O)C3CCCN(C(=O)c4ccncc4)C3)ccc2c1. The molecular formula is C23H22N2O3. The summed E-state index contributed by atoms with van der Waals surface area (Å²) in [7, 11) is 1.64. The van der Waals surface area contributed by atoms with E-state index in [2.05, 4.69) is 4.98 Å². The van der Waals surface area contributed by atoms with E-state index < -0.39 is 0 Å². The van der Waals surface area contributed by atoms with E-state index >= 15 is 0 Å². The van der Waals surface area contributed by atoms with Gasteiger partial charge in [-0.05, 0) is 53.9 Å². The molecule has 0 radical (unpaired) electrons. The van der Waals surface area contributed by atoms with Gasteiger partial charge in [-0.25, -0.2) is 0 Å². The number of methoxy groups -OCH3 is 1. The molecule has 0 aliphatic carbocycles. The van der Waals surface area contributed by atoms with E-state index in [9.17, 15) is 9.59 Å². The number of Topliss-reactive ketones (excluding diaryl/α,β-unsaturated/α-hetero) is 1. The first-order valence-corrected chi connectivity index (χ1v) is 9.47. The van der Waals surface area contributed by atoms with Crippen molar-refractivity contribution in [1.82, 2.24) is 9.88 Å². The van der Waals surface area contributed by atoms with Gasteiger partial charge in [0.05, 0.1) is 7.11 Å². The number of amides is 1. The quantitative estimate of drug-likeness (QED) is 0.648. The van der Waals surface area contributed by atoms with Crippen LogP contribution in [-0.4, -0.2) is 41.8 Å². The number of likely N-dealkylation sites (tertiary alicyclic amines) is 1. The van der Waals surface area contributed by atoms with E-state index in [4.69, 9.17) is 4.74 Å². The molecule has 3 aromatic rings. The fraction of sp³-hybridized carbons (Fsp3) is 0.261. The third-order valence-corrected chi connectivity index (χ3v) is 5.34. The highest BCUT2D eigenvalue weighted by Crippen LogP contribution is 2.26. The van der Waals surface area contributed by atoms with E-state index in [1.165, 1.54) is 0 Å². The fourth-order valence-corrected chi connectivity index (χ4v) is 3.79. The van der Waals surface area contributed by atoms with Gasteiger partial charge in [-0.3, -0.25) is 14.6 Å². The lowest BCUT2D eigenvalue weighted by Crippen LogP contribution is -2.42. The maximum absolute atomic E-state index is 13.1. The number of aromatic nitrogens is 1. The molecule has 2 aromatic carbocycles. The maximum atomic E-state index is 13.1. The molecule has 0 bridgehead atoms. The lowest BCUT2D eigenvalue weighted by molar-refractivity contribution is 0.0637. The van der Waals surface area contributed by atoms with Gasteiger partial charge in [0, 0.05) is 42.5 Å². The lowest BCUT2D eigenvalue weighted by atomic mass is 9.89. The van der Waals surface area contributed by atoms with Crippen LogP contribution < -0.4 is 4.74 Å². The molecule has 1 aromatic heterocycles. The summed E-state index contributed by atoms with van der Waals surface area (Å²) >= 11 is 0. The zero-order valence-corrected chi connectivity index (χ0v) is 15.8. The number of fused-ring (bicyclic) bond motifs is 1. The molecule has 1 aliphatic heterocycles. The molecule has 5 heteroatoms. The highest BCUT2D eigenvalue weighted by Gasteiger charge is 2.29. The van der Waals surface area contributed by atoms with Crippen molar-refractivity contribution < 1.29 is 14.3 Å². The van der Waals surface area contributed by atoms with Crippen molar-refractivity contribution in [3.05, 3.63) is 72.1 Å². The number of hydrogen-bond acceptors (Lipinski definition) is 4. The number of pyridine rings is 1. The third kappa shape index (κ3) is 3.60. The molecule has 1 atom stereocenters. The van der Waals surface area contributed by atoms with E-state index in [1.54, 1.807) is 36.5 Å². The summed E-state index contributed by atoms with van der Waals surface area (Å²) in [5, 5.41) is 2.04. The van der Waals surface area contributed by atoms with Crippen molar-refractivity contribution in [1.29, 1.82) is 0 Å². The molecule has 142 valence electrons. The molecule has 28 heavy (non-hydrogen) atoms. The van der Waals surface area contributed by atoms with Crippen molar-refractivity contribution in [2.45, 2.75) is 12.8 Å². The maximum Gasteiger partial charge on any atom is 0.253 e. The Balaban J connectivity index is 1.52. The van der Waals surface area contributed by atoms with Gasteiger partial charge < -0.3 is 9.64 Å². The minimum Gasteiger partial charge on any atom is -0.497 e. The van der Waals surface area contributed by atoms with Crippen LogP contribution in [0.15, 0.2) is 60.9 Å². The fourth-order valence-electron chi connectivity index (χ4n) is 3.79. The van der Waals surface area contributed by atoms with Crippen LogP contribution in [0.2, 0.25) is 0 Å². The zero-order valence-electron chi connectivity index (χ0n) is 15.8. The largest absolute Gasteiger partial charge is 0.497 e. The van der Waals surface area contributed by atoms with Gasteiger partial charge in [0.25, 0.3) is 5.91 Å². The monoisotopic (exact) mass is 374 g/mol. The first-order chi connectivity index (χ1) is 13.7. The number of rotatable bonds is 4. The van der Waals surface area contributed by atoms with Gasteiger partial charge in [0.15, 0.2) is 5.78 Å². The predicted molar refractivity (Wildman–Crippen MR) is 108 cm³/mol. The van der Waals surface area contributed by atoms with Crippen LogP contribution in [0, 0.1) is 5.92 Å². The van der Waals surface area contributed by atoms with Crippen LogP contribution in [-0.2, 0) is 0 Å². The highest BCUT2D eigenvalue weighted by molar-refractivity contribution is 6.02. The number of nitrogens with zero attached hydrogens (tertiary/aromatic N) is 2. The van der Waals surface area contributed by atoms with Crippen LogP contribution >= 0.6 is 0 Å². The van der Waals surface area contributed by atoms with Crippen LogP contribution in [0.1, 0.15) is 33.6 Å². The molecule has 1 unspecified atom stereocenters. The average Bonchev–Trinajstić information content (AvgIpc) is 2.78. The van der Waals surface area contributed by atoms with E-state index in [-0.39, 0.29) is 17.6 Å². The second-order valence-electron chi connectivity index (χ2n) is 7.12. The summed E-state index contributed by atoms with van der Waals surface area (Å²) in [6.45, 7) is 1.14. The molecule has 5 nitrogen and oxygen atoms in total. The molecule has 1 amide bonds. The van der Waals surface area contributed by atoms with Crippen molar-refractivity contribution in [2.24, 2.45) is 5.92 Å². The van der Waals surface area contributed by atoms with E-state index in [1.807, 2.05) is 36.4 Å². The minimum absolute atomic E-state index is 0.0366. The summed E-state index contributed by atoms with van der Waals surface area (Å²) in [6.07, 6.45) is 4.87. The summed E-state index contributed by atoms with van der Waals surface area (Å²) in [6, 6.07) is 15.0. The average molecular weight is 374 g/mol. The van der Waals surface area contributed by atoms with Gasteiger partial charge in [0.2, 0.25) is 0 Å². The summed E-state index contributed by atoms with van der Waals surface area (Å²) < 4.78 is 5.26. The molecular weight excluding hydrogens is 352 g/mol. The second-order valence-corrected chi connectivity index (χ2v) is 7.12. The third-order valence-electron chi connectivity index (χ3n) is 5.34. The van der Waals surface area contributed by atoms with Crippen LogP contribution in [0.5, 0.6) is 5.75 Å². The first-order valence-electron chi connectivity index (χ1n) is 9.47. The molecule has 1 saturated heterocycles. The van der Waals surface area contributed by atoms with E-state index in [0.717, 1.165) is 29.4 Å². The van der Waals surface area contributed by atoms with Crippen molar-refractivity contribution in [2.75, 3.05) is 20.2 Å². The topological polar surface area (TPSA) is 59.5 Å². The Bertz CT molecular complexity index is 1020.